The molecule has 2 aromatic carbocycles. The van der Waals surface area contributed by atoms with Gasteiger partial charge in [0, 0.05) is 5.56 Å². The summed E-state index contributed by atoms with van der Waals surface area (Å²) in [5, 5.41) is 0.0365. The number of nitrogens with two attached hydrogens (primary N) is 1. The monoisotopic (exact) mass is 295 g/mol. The third-order valence-electron chi connectivity index (χ3n) is 2.52. The lowest BCUT2D eigenvalue weighted by Crippen LogP contribution is -2.09. The fourth-order valence-electron chi connectivity index (χ4n) is 1.57. The zero-order chi connectivity index (χ0) is 13.8. The minimum Gasteiger partial charge on any atom is -0.486 e. The number of halogens is 2. The van der Waals surface area contributed by atoms with E-state index < -0.39 is 5.82 Å². The molecule has 0 aromatic heterocycles. The Morgan fingerprint density at radius 1 is 1.26 bits per heavy atom. The van der Waals surface area contributed by atoms with Crippen molar-refractivity contribution in [3.05, 3.63) is 64.4 Å². The van der Waals surface area contributed by atoms with Crippen molar-refractivity contribution >= 4 is 28.8 Å². The summed E-state index contributed by atoms with van der Waals surface area (Å²) >= 11 is 10.6. The SMILES string of the molecule is NC(=S)c1cccc(COc2cccc(Cl)c2F)c1. The van der Waals surface area contributed by atoms with Gasteiger partial charge in [0.05, 0.1) is 5.02 Å². The van der Waals surface area contributed by atoms with E-state index in [-0.39, 0.29) is 17.4 Å². The van der Waals surface area contributed by atoms with E-state index in [1.165, 1.54) is 12.1 Å². The number of hydrogen-bond acceptors (Lipinski definition) is 2. The van der Waals surface area contributed by atoms with E-state index in [1.807, 2.05) is 24.3 Å². The van der Waals surface area contributed by atoms with Crippen LogP contribution in [0, 0.1) is 5.82 Å². The maximum absolute atomic E-state index is 13.6. The van der Waals surface area contributed by atoms with Crippen molar-refractivity contribution in [2.24, 2.45) is 5.73 Å². The molecular formula is C14H11ClFNOS. The summed E-state index contributed by atoms with van der Waals surface area (Å²) in [4.78, 5) is 0.316. The summed E-state index contributed by atoms with van der Waals surface area (Å²) in [7, 11) is 0. The number of ether oxygens (including phenoxy) is 1. The van der Waals surface area contributed by atoms with Crippen molar-refractivity contribution in [3.8, 4) is 5.75 Å². The van der Waals surface area contributed by atoms with Gasteiger partial charge in [-0.15, -0.1) is 0 Å². The smallest absolute Gasteiger partial charge is 0.183 e. The molecule has 0 saturated carbocycles. The predicted molar refractivity (Wildman–Crippen MR) is 78.1 cm³/mol. The molecule has 0 aliphatic heterocycles. The highest BCUT2D eigenvalue weighted by Gasteiger charge is 2.07. The van der Waals surface area contributed by atoms with Crippen molar-refractivity contribution < 1.29 is 9.13 Å². The van der Waals surface area contributed by atoms with Gasteiger partial charge in [-0.1, -0.05) is 48.1 Å². The molecule has 0 saturated heterocycles. The van der Waals surface area contributed by atoms with Crippen LogP contribution in [-0.2, 0) is 6.61 Å². The van der Waals surface area contributed by atoms with Crippen LogP contribution in [0.3, 0.4) is 0 Å². The van der Waals surface area contributed by atoms with E-state index in [0.29, 0.717) is 4.99 Å². The maximum Gasteiger partial charge on any atom is 0.183 e. The van der Waals surface area contributed by atoms with E-state index >= 15 is 0 Å². The van der Waals surface area contributed by atoms with Crippen molar-refractivity contribution in [2.45, 2.75) is 6.61 Å². The van der Waals surface area contributed by atoms with Crippen molar-refractivity contribution in [1.82, 2.24) is 0 Å². The summed E-state index contributed by atoms with van der Waals surface area (Å²) in [5.41, 5.74) is 7.15. The topological polar surface area (TPSA) is 35.2 Å². The number of thiocarbonyl (C=S) groups is 1. The van der Waals surface area contributed by atoms with Gasteiger partial charge in [-0.05, 0) is 23.8 Å². The molecule has 98 valence electrons. The van der Waals surface area contributed by atoms with Crippen LogP contribution in [0.25, 0.3) is 0 Å². The molecule has 0 radical (unpaired) electrons. The molecule has 0 aliphatic rings. The van der Waals surface area contributed by atoms with Gasteiger partial charge < -0.3 is 10.5 Å². The van der Waals surface area contributed by atoms with Crippen molar-refractivity contribution in [2.75, 3.05) is 0 Å². The Labute approximate surface area is 120 Å². The van der Waals surface area contributed by atoms with Crippen LogP contribution in [0.5, 0.6) is 5.75 Å². The van der Waals surface area contributed by atoms with E-state index in [1.54, 1.807) is 6.07 Å². The van der Waals surface area contributed by atoms with Crippen LogP contribution < -0.4 is 10.5 Å². The Bertz CT molecular complexity index is 618. The van der Waals surface area contributed by atoms with Gasteiger partial charge in [-0.25, -0.2) is 4.39 Å². The van der Waals surface area contributed by atoms with Crippen molar-refractivity contribution in [1.29, 1.82) is 0 Å². The Balaban J connectivity index is 2.12. The first-order valence-electron chi connectivity index (χ1n) is 5.53. The highest BCUT2D eigenvalue weighted by molar-refractivity contribution is 7.80. The second kappa shape index (κ2) is 5.99. The summed E-state index contributed by atoms with van der Waals surface area (Å²) in [6.45, 7) is 0.216. The first-order valence-corrected chi connectivity index (χ1v) is 6.32. The first kappa shape index (κ1) is 13.8. The van der Waals surface area contributed by atoms with E-state index in [2.05, 4.69) is 0 Å². The summed E-state index contributed by atoms with van der Waals surface area (Å²) in [6, 6.07) is 11.9. The van der Waals surface area contributed by atoms with Crippen LogP contribution in [0.2, 0.25) is 5.02 Å². The normalized spacial score (nSPS) is 10.2. The molecule has 0 aliphatic carbocycles. The number of benzene rings is 2. The zero-order valence-electron chi connectivity index (χ0n) is 9.90. The molecule has 2 aromatic rings. The van der Waals surface area contributed by atoms with Crippen LogP contribution in [0.4, 0.5) is 4.39 Å². The summed E-state index contributed by atoms with van der Waals surface area (Å²) < 4.78 is 19.0. The largest absolute Gasteiger partial charge is 0.486 e. The van der Waals surface area contributed by atoms with Crippen LogP contribution >= 0.6 is 23.8 Å². The maximum atomic E-state index is 13.6. The van der Waals surface area contributed by atoms with Crippen molar-refractivity contribution in [3.63, 3.8) is 0 Å². The molecule has 19 heavy (non-hydrogen) atoms. The number of hydrogen-bond donors (Lipinski definition) is 1. The average Bonchev–Trinajstić information content (AvgIpc) is 2.41. The van der Waals surface area contributed by atoms with Crippen LogP contribution in [0.15, 0.2) is 42.5 Å². The van der Waals surface area contributed by atoms with E-state index in [4.69, 9.17) is 34.3 Å². The van der Waals surface area contributed by atoms with Gasteiger partial charge >= 0.3 is 0 Å². The zero-order valence-corrected chi connectivity index (χ0v) is 11.5. The minimum atomic E-state index is -0.560. The van der Waals surface area contributed by atoms with Gasteiger partial charge in [0.2, 0.25) is 0 Å². The highest BCUT2D eigenvalue weighted by Crippen LogP contribution is 2.24. The molecule has 0 spiro atoms. The lowest BCUT2D eigenvalue weighted by Gasteiger charge is -2.09. The third kappa shape index (κ3) is 3.43. The molecule has 0 fully saturated rings. The molecule has 0 bridgehead atoms. The lowest BCUT2D eigenvalue weighted by molar-refractivity contribution is 0.290. The summed E-state index contributed by atoms with van der Waals surface area (Å²) in [5.74, 6) is -0.442. The third-order valence-corrected chi connectivity index (χ3v) is 3.05. The lowest BCUT2D eigenvalue weighted by atomic mass is 10.1. The average molecular weight is 296 g/mol. The molecule has 2 nitrogen and oxygen atoms in total. The molecule has 2 rings (SSSR count). The van der Waals surface area contributed by atoms with Gasteiger partial charge in [-0.3, -0.25) is 0 Å². The van der Waals surface area contributed by atoms with Gasteiger partial charge in [0.1, 0.15) is 11.6 Å². The Morgan fingerprint density at radius 2 is 2.00 bits per heavy atom. The summed E-state index contributed by atoms with van der Waals surface area (Å²) in [6.07, 6.45) is 0. The fourth-order valence-corrected chi connectivity index (χ4v) is 1.86. The molecule has 0 unspecified atom stereocenters. The molecule has 0 amide bonds. The van der Waals surface area contributed by atoms with Crippen LogP contribution in [0.1, 0.15) is 11.1 Å². The van der Waals surface area contributed by atoms with E-state index in [9.17, 15) is 4.39 Å². The first-order chi connectivity index (χ1) is 9.08. The standard InChI is InChI=1S/C14H11ClFNOS/c15-11-5-2-6-12(13(11)16)18-8-9-3-1-4-10(7-9)14(17)19/h1-7H,8H2,(H2,17,19). The predicted octanol–water partition coefficient (Wildman–Crippen LogP) is 3.69. The Kier molecular flexibility index (Phi) is 4.35. The van der Waals surface area contributed by atoms with Gasteiger partial charge in [-0.2, -0.15) is 0 Å². The highest BCUT2D eigenvalue weighted by atomic mass is 35.5. The quantitative estimate of drug-likeness (QED) is 0.874. The van der Waals surface area contributed by atoms with Gasteiger partial charge in [0.25, 0.3) is 0 Å². The Morgan fingerprint density at radius 3 is 2.74 bits per heavy atom. The molecule has 5 heteroatoms. The van der Waals surface area contributed by atoms with Gasteiger partial charge in [0.15, 0.2) is 11.6 Å². The van der Waals surface area contributed by atoms with Crippen LogP contribution in [-0.4, -0.2) is 4.99 Å². The molecule has 0 atom stereocenters. The van der Waals surface area contributed by atoms with E-state index in [0.717, 1.165) is 11.1 Å². The second-order valence-corrected chi connectivity index (χ2v) is 4.75. The minimum absolute atomic E-state index is 0.0365. The fraction of sp³-hybridized carbons (Fsp3) is 0.0714. The molecule has 0 heterocycles. The Hall–Kier alpha value is -1.65. The second-order valence-electron chi connectivity index (χ2n) is 3.91. The molecular weight excluding hydrogens is 285 g/mol. The number of rotatable bonds is 4. The molecule has 2 N–H and O–H groups in total.